The Labute approximate surface area is 111 Å². The number of hydrogen-bond donors (Lipinski definition) is 1. The lowest BCUT2D eigenvalue weighted by atomic mass is 10.1. The van der Waals surface area contributed by atoms with Gasteiger partial charge in [0.05, 0.1) is 0 Å². The maximum absolute atomic E-state index is 11.4. The van der Waals surface area contributed by atoms with Crippen molar-refractivity contribution in [3.8, 4) is 0 Å². The van der Waals surface area contributed by atoms with Gasteiger partial charge in [0.25, 0.3) is 0 Å². The Morgan fingerprint density at radius 1 is 1.53 bits per heavy atom. The molecule has 1 amide bonds. The first-order valence-electron chi connectivity index (χ1n) is 5.67. The summed E-state index contributed by atoms with van der Waals surface area (Å²) in [5, 5.41) is 2.67. The monoisotopic (exact) mass is 298 g/mol. The van der Waals surface area contributed by atoms with Crippen molar-refractivity contribution in [2.24, 2.45) is 5.92 Å². The van der Waals surface area contributed by atoms with E-state index in [1.54, 1.807) is 7.05 Å². The van der Waals surface area contributed by atoms with Crippen LogP contribution in [-0.4, -0.2) is 31.4 Å². The molecule has 0 fully saturated rings. The van der Waals surface area contributed by atoms with Gasteiger partial charge >= 0.3 is 0 Å². The molecule has 0 heterocycles. The van der Waals surface area contributed by atoms with Crippen LogP contribution in [-0.2, 0) is 11.3 Å². The van der Waals surface area contributed by atoms with E-state index < -0.39 is 0 Å². The number of benzene rings is 1. The Balaban J connectivity index is 2.49. The highest BCUT2D eigenvalue weighted by Gasteiger charge is 2.13. The van der Waals surface area contributed by atoms with Gasteiger partial charge in [-0.3, -0.25) is 4.79 Å². The number of rotatable bonds is 5. The molecule has 1 N–H and O–H groups in total. The zero-order valence-corrected chi connectivity index (χ0v) is 12.1. The minimum absolute atomic E-state index is 0.0113. The molecular formula is C13H19BrN2O. The predicted octanol–water partition coefficient (Wildman–Crippen LogP) is 2.26. The highest BCUT2D eigenvalue weighted by molar-refractivity contribution is 9.10. The number of amides is 1. The molecule has 94 valence electrons. The van der Waals surface area contributed by atoms with Crippen LogP contribution in [0.5, 0.6) is 0 Å². The molecule has 0 saturated carbocycles. The third-order valence-corrected chi connectivity index (χ3v) is 3.11. The Kier molecular flexibility index (Phi) is 5.65. The Hall–Kier alpha value is -0.870. The van der Waals surface area contributed by atoms with E-state index in [9.17, 15) is 4.79 Å². The summed E-state index contributed by atoms with van der Waals surface area (Å²) in [5.74, 6) is 0.100. The molecule has 1 atom stereocenters. The number of hydrogen-bond acceptors (Lipinski definition) is 2. The second-order valence-electron chi connectivity index (χ2n) is 4.34. The van der Waals surface area contributed by atoms with Crippen molar-refractivity contribution in [1.29, 1.82) is 0 Å². The number of carbonyl (C=O) groups is 1. The highest BCUT2D eigenvalue weighted by atomic mass is 79.9. The van der Waals surface area contributed by atoms with E-state index in [1.165, 1.54) is 5.56 Å². The van der Waals surface area contributed by atoms with E-state index in [-0.39, 0.29) is 11.8 Å². The average Bonchev–Trinajstić information content (AvgIpc) is 2.27. The summed E-state index contributed by atoms with van der Waals surface area (Å²) in [7, 11) is 3.70. The van der Waals surface area contributed by atoms with Gasteiger partial charge in [-0.15, -0.1) is 0 Å². The second-order valence-corrected chi connectivity index (χ2v) is 5.26. The molecule has 0 aliphatic heterocycles. The number of halogens is 1. The predicted molar refractivity (Wildman–Crippen MR) is 73.7 cm³/mol. The van der Waals surface area contributed by atoms with Crippen LogP contribution in [0.2, 0.25) is 0 Å². The van der Waals surface area contributed by atoms with Gasteiger partial charge in [-0.2, -0.15) is 0 Å². The topological polar surface area (TPSA) is 32.3 Å². The summed E-state index contributed by atoms with van der Waals surface area (Å²) < 4.78 is 1.09. The van der Waals surface area contributed by atoms with E-state index in [1.807, 2.05) is 26.1 Å². The Morgan fingerprint density at radius 2 is 2.24 bits per heavy atom. The van der Waals surface area contributed by atoms with E-state index in [0.717, 1.165) is 17.6 Å². The molecule has 3 nitrogen and oxygen atoms in total. The van der Waals surface area contributed by atoms with Gasteiger partial charge < -0.3 is 10.2 Å². The summed E-state index contributed by atoms with van der Waals surface area (Å²) in [4.78, 5) is 13.6. The summed E-state index contributed by atoms with van der Waals surface area (Å²) >= 11 is 3.45. The molecule has 1 aromatic rings. The first-order valence-corrected chi connectivity index (χ1v) is 6.46. The normalized spacial score (nSPS) is 12.5. The molecule has 0 radical (unpaired) electrons. The summed E-state index contributed by atoms with van der Waals surface area (Å²) in [6, 6.07) is 8.22. The van der Waals surface area contributed by atoms with Crippen LogP contribution in [0.3, 0.4) is 0 Å². The molecule has 0 bridgehead atoms. The van der Waals surface area contributed by atoms with Crippen LogP contribution in [0.1, 0.15) is 12.5 Å². The second kappa shape index (κ2) is 6.77. The van der Waals surface area contributed by atoms with Gasteiger partial charge in [0.15, 0.2) is 0 Å². The van der Waals surface area contributed by atoms with Gasteiger partial charge in [0.2, 0.25) is 5.91 Å². The highest BCUT2D eigenvalue weighted by Crippen LogP contribution is 2.13. The standard InChI is InChI=1S/C13H19BrN2O/c1-10(13(17)15-2)8-16(3)9-11-5-4-6-12(14)7-11/h4-7,10H,8-9H2,1-3H3,(H,15,17). The third-order valence-electron chi connectivity index (χ3n) is 2.62. The molecule has 1 unspecified atom stereocenters. The zero-order chi connectivity index (χ0) is 12.8. The molecular weight excluding hydrogens is 280 g/mol. The lowest BCUT2D eigenvalue weighted by molar-refractivity contribution is -0.124. The van der Waals surface area contributed by atoms with Gasteiger partial charge in [-0.05, 0) is 24.7 Å². The lowest BCUT2D eigenvalue weighted by Crippen LogP contribution is -2.34. The maximum atomic E-state index is 11.4. The Morgan fingerprint density at radius 3 is 2.82 bits per heavy atom. The van der Waals surface area contributed by atoms with E-state index >= 15 is 0 Å². The van der Waals surface area contributed by atoms with Crippen molar-refractivity contribution in [3.63, 3.8) is 0 Å². The van der Waals surface area contributed by atoms with Gasteiger partial charge in [0.1, 0.15) is 0 Å². The fraction of sp³-hybridized carbons (Fsp3) is 0.462. The molecule has 17 heavy (non-hydrogen) atoms. The largest absolute Gasteiger partial charge is 0.359 e. The van der Waals surface area contributed by atoms with E-state index in [0.29, 0.717) is 0 Å². The van der Waals surface area contributed by atoms with Gasteiger partial charge in [-0.1, -0.05) is 35.0 Å². The smallest absolute Gasteiger partial charge is 0.223 e. The van der Waals surface area contributed by atoms with Crippen LogP contribution < -0.4 is 5.32 Å². The fourth-order valence-electron chi connectivity index (χ4n) is 1.81. The van der Waals surface area contributed by atoms with Crippen molar-refractivity contribution >= 4 is 21.8 Å². The van der Waals surface area contributed by atoms with Crippen molar-refractivity contribution < 1.29 is 4.79 Å². The minimum atomic E-state index is 0.0113. The molecule has 1 rings (SSSR count). The first-order chi connectivity index (χ1) is 8.02. The van der Waals surface area contributed by atoms with Crippen molar-refractivity contribution in [2.45, 2.75) is 13.5 Å². The zero-order valence-electron chi connectivity index (χ0n) is 10.5. The molecule has 0 aromatic heterocycles. The first kappa shape index (κ1) is 14.2. The molecule has 0 aliphatic rings. The number of nitrogens with zero attached hydrogens (tertiary/aromatic N) is 1. The molecule has 0 saturated heterocycles. The quantitative estimate of drug-likeness (QED) is 0.904. The molecule has 0 spiro atoms. The summed E-state index contributed by atoms with van der Waals surface area (Å²) in [6.45, 7) is 3.54. The van der Waals surface area contributed by atoms with Crippen molar-refractivity contribution in [1.82, 2.24) is 10.2 Å². The SMILES string of the molecule is CNC(=O)C(C)CN(C)Cc1cccc(Br)c1. The summed E-state index contributed by atoms with van der Waals surface area (Å²) in [5.41, 5.74) is 1.24. The Bertz CT molecular complexity index is 381. The average molecular weight is 299 g/mol. The van der Waals surface area contributed by atoms with Crippen LogP contribution >= 0.6 is 15.9 Å². The number of nitrogens with one attached hydrogen (secondary N) is 1. The summed E-state index contributed by atoms with van der Waals surface area (Å²) in [6.07, 6.45) is 0. The van der Waals surface area contributed by atoms with E-state index in [4.69, 9.17) is 0 Å². The lowest BCUT2D eigenvalue weighted by Gasteiger charge is -2.20. The van der Waals surface area contributed by atoms with Crippen LogP contribution in [0.25, 0.3) is 0 Å². The number of carbonyl (C=O) groups excluding carboxylic acids is 1. The van der Waals surface area contributed by atoms with Crippen LogP contribution in [0.4, 0.5) is 0 Å². The van der Waals surface area contributed by atoms with Crippen molar-refractivity contribution in [2.75, 3.05) is 20.6 Å². The molecule has 0 aliphatic carbocycles. The maximum Gasteiger partial charge on any atom is 0.223 e. The van der Waals surface area contributed by atoms with E-state index in [2.05, 4.69) is 38.3 Å². The van der Waals surface area contributed by atoms with Crippen LogP contribution in [0, 0.1) is 5.92 Å². The van der Waals surface area contributed by atoms with Gasteiger partial charge in [-0.25, -0.2) is 0 Å². The minimum Gasteiger partial charge on any atom is -0.359 e. The van der Waals surface area contributed by atoms with Crippen molar-refractivity contribution in [3.05, 3.63) is 34.3 Å². The molecule has 4 heteroatoms. The third kappa shape index (κ3) is 4.88. The van der Waals surface area contributed by atoms with Gasteiger partial charge in [0, 0.05) is 30.5 Å². The molecule has 1 aromatic carbocycles. The van der Waals surface area contributed by atoms with Crippen LogP contribution in [0.15, 0.2) is 28.7 Å². The fourth-order valence-corrected chi connectivity index (χ4v) is 2.26.